The molecule has 0 aliphatic rings. The maximum Gasteiger partial charge on any atom is 0.414 e. The van der Waals surface area contributed by atoms with Crippen LogP contribution in [0.4, 0.5) is 4.39 Å². The molecule has 8 heteroatoms. The fraction of sp³-hybridized carbons (Fsp3) is 0.600. The number of nitrogens with zero attached hydrogens (tertiary/aromatic N) is 1. The van der Waals surface area contributed by atoms with E-state index in [4.69, 9.17) is 29.3 Å². The molecule has 1 rings (SSSR count). The quantitative estimate of drug-likeness (QED) is 0.410. The molecular weight excluding hydrogens is 369 g/mol. The van der Waals surface area contributed by atoms with Gasteiger partial charge in [0.1, 0.15) is 11.6 Å². The number of aryl methyl sites for hydroxylation is 1. The number of aliphatic carboxylic acids is 2. The van der Waals surface area contributed by atoms with Gasteiger partial charge in [0.2, 0.25) is 0 Å². The van der Waals surface area contributed by atoms with E-state index in [9.17, 15) is 4.39 Å². The van der Waals surface area contributed by atoms with Crippen molar-refractivity contribution in [2.45, 2.75) is 39.0 Å². The van der Waals surface area contributed by atoms with Gasteiger partial charge in [0.05, 0.1) is 7.11 Å². The zero-order chi connectivity index (χ0) is 21.4. The Labute approximate surface area is 166 Å². The highest BCUT2D eigenvalue weighted by Gasteiger charge is 2.05. The summed E-state index contributed by atoms with van der Waals surface area (Å²) in [7, 11) is 3.74. The Morgan fingerprint density at radius 1 is 1.07 bits per heavy atom. The van der Waals surface area contributed by atoms with E-state index < -0.39 is 11.9 Å². The molecule has 0 aromatic heterocycles. The molecule has 0 saturated heterocycles. The first-order chi connectivity index (χ1) is 13.3. The van der Waals surface area contributed by atoms with E-state index in [2.05, 4.69) is 18.9 Å². The molecule has 28 heavy (non-hydrogen) atoms. The lowest BCUT2D eigenvalue weighted by Gasteiger charge is -2.14. The molecule has 1 aromatic carbocycles. The Hall–Kier alpha value is -2.19. The van der Waals surface area contributed by atoms with Crippen molar-refractivity contribution in [2.75, 3.05) is 40.5 Å². The van der Waals surface area contributed by atoms with Crippen molar-refractivity contribution >= 4 is 11.9 Å². The van der Waals surface area contributed by atoms with Gasteiger partial charge in [-0.1, -0.05) is 13.0 Å². The van der Waals surface area contributed by atoms with Crippen LogP contribution in [0.5, 0.6) is 5.75 Å². The summed E-state index contributed by atoms with van der Waals surface area (Å²) in [6, 6.07) is 4.70. The number of rotatable bonds is 12. The Morgan fingerprint density at radius 2 is 1.71 bits per heavy atom. The van der Waals surface area contributed by atoms with Gasteiger partial charge in [-0.15, -0.1) is 0 Å². The lowest BCUT2D eigenvalue weighted by Crippen LogP contribution is -2.20. The van der Waals surface area contributed by atoms with Crippen LogP contribution in [0.3, 0.4) is 0 Å². The molecule has 0 bridgehead atoms. The minimum absolute atomic E-state index is 0.259. The first kappa shape index (κ1) is 25.8. The second-order valence-corrected chi connectivity index (χ2v) is 6.29. The lowest BCUT2D eigenvalue weighted by atomic mass is 10.1. The molecular formula is C20H32FNO6. The van der Waals surface area contributed by atoms with Gasteiger partial charge in [-0.3, -0.25) is 0 Å². The van der Waals surface area contributed by atoms with Crippen LogP contribution in [-0.2, 0) is 20.7 Å². The molecule has 0 saturated carbocycles. The average molecular weight is 401 g/mol. The summed E-state index contributed by atoms with van der Waals surface area (Å²) in [4.78, 5) is 20.6. The zero-order valence-corrected chi connectivity index (χ0v) is 16.9. The highest BCUT2D eigenvalue weighted by molar-refractivity contribution is 6.27. The molecule has 0 fully saturated rings. The first-order valence-electron chi connectivity index (χ1n) is 9.36. The topological polar surface area (TPSA) is 96.3 Å². The molecule has 0 amide bonds. The Balaban J connectivity index is 0.00000105. The van der Waals surface area contributed by atoms with Crippen molar-refractivity contribution in [3.63, 3.8) is 0 Å². The van der Waals surface area contributed by atoms with Gasteiger partial charge < -0.3 is 24.6 Å². The van der Waals surface area contributed by atoms with Crippen LogP contribution in [0.2, 0.25) is 0 Å². The third kappa shape index (κ3) is 13.1. The van der Waals surface area contributed by atoms with Gasteiger partial charge in [-0.2, -0.15) is 0 Å². The van der Waals surface area contributed by atoms with Crippen molar-refractivity contribution in [1.82, 2.24) is 4.90 Å². The molecule has 0 aliphatic heterocycles. The molecule has 160 valence electrons. The maximum absolute atomic E-state index is 13.1. The Bertz CT molecular complexity index is 570. The van der Waals surface area contributed by atoms with Crippen molar-refractivity contribution < 1.29 is 33.7 Å². The number of unbranched alkanes of at least 4 members (excludes halogenated alkanes) is 1. The number of benzene rings is 1. The highest BCUT2D eigenvalue weighted by atomic mass is 19.1. The van der Waals surface area contributed by atoms with Crippen LogP contribution >= 0.6 is 0 Å². The number of carbonyl (C=O) groups is 2. The Morgan fingerprint density at radius 3 is 2.29 bits per heavy atom. The molecule has 0 radical (unpaired) electrons. The van der Waals surface area contributed by atoms with E-state index in [0.29, 0.717) is 5.75 Å². The highest BCUT2D eigenvalue weighted by Crippen LogP contribution is 2.20. The molecule has 7 nitrogen and oxygen atoms in total. The average Bonchev–Trinajstić information content (AvgIpc) is 2.65. The summed E-state index contributed by atoms with van der Waals surface area (Å²) in [5.74, 6) is -3.28. The van der Waals surface area contributed by atoms with Gasteiger partial charge in [-0.05, 0) is 63.9 Å². The zero-order valence-electron chi connectivity index (χ0n) is 16.9. The van der Waals surface area contributed by atoms with Gasteiger partial charge in [0.15, 0.2) is 0 Å². The van der Waals surface area contributed by atoms with E-state index >= 15 is 0 Å². The molecule has 0 aliphatic carbocycles. The number of hydrogen-bond acceptors (Lipinski definition) is 5. The third-order valence-corrected chi connectivity index (χ3v) is 3.85. The fourth-order valence-electron chi connectivity index (χ4n) is 2.47. The van der Waals surface area contributed by atoms with Crippen LogP contribution in [0.15, 0.2) is 18.2 Å². The standard InChI is InChI=1S/C18H30FNO2.C2H2O4/c1-4-11-20(2)12-5-6-13-22-14-7-8-16-9-10-17(19)15-18(16)21-3;3-1(4)2(5)6/h9-10,15H,4-8,11-14H2,1-3H3;(H,3,4)(H,5,6). The molecule has 0 unspecified atom stereocenters. The number of halogens is 1. The van der Waals surface area contributed by atoms with Gasteiger partial charge >= 0.3 is 11.9 Å². The van der Waals surface area contributed by atoms with E-state index in [1.165, 1.54) is 31.5 Å². The smallest absolute Gasteiger partial charge is 0.414 e. The molecule has 0 spiro atoms. The first-order valence-corrected chi connectivity index (χ1v) is 9.36. The summed E-state index contributed by atoms with van der Waals surface area (Å²) in [5, 5.41) is 14.8. The van der Waals surface area contributed by atoms with Crippen molar-refractivity contribution in [3.8, 4) is 5.75 Å². The summed E-state index contributed by atoms with van der Waals surface area (Å²) < 4.78 is 23.9. The number of methoxy groups -OCH3 is 1. The van der Waals surface area contributed by atoms with E-state index in [1.807, 2.05) is 0 Å². The second-order valence-electron chi connectivity index (χ2n) is 6.29. The molecule has 0 heterocycles. The van der Waals surface area contributed by atoms with Crippen LogP contribution in [0.25, 0.3) is 0 Å². The van der Waals surface area contributed by atoms with Crippen LogP contribution in [0.1, 0.15) is 38.2 Å². The van der Waals surface area contributed by atoms with Crippen molar-refractivity contribution in [1.29, 1.82) is 0 Å². The lowest BCUT2D eigenvalue weighted by molar-refractivity contribution is -0.159. The number of hydrogen-bond donors (Lipinski definition) is 2. The summed E-state index contributed by atoms with van der Waals surface area (Å²) in [5.41, 5.74) is 1.04. The predicted octanol–water partition coefficient (Wildman–Crippen LogP) is 3.06. The molecule has 2 N–H and O–H groups in total. The monoisotopic (exact) mass is 401 g/mol. The summed E-state index contributed by atoms with van der Waals surface area (Å²) in [6.45, 7) is 6.08. The molecule has 1 aromatic rings. The van der Waals surface area contributed by atoms with Crippen molar-refractivity contribution in [3.05, 3.63) is 29.6 Å². The fourth-order valence-corrected chi connectivity index (χ4v) is 2.47. The largest absolute Gasteiger partial charge is 0.496 e. The van der Waals surface area contributed by atoms with E-state index in [0.717, 1.165) is 44.6 Å². The number of carboxylic acid groups (broad SMARTS) is 2. The third-order valence-electron chi connectivity index (χ3n) is 3.85. The number of ether oxygens (including phenoxy) is 2. The van der Waals surface area contributed by atoms with Gasteiger partial charge in [0.25, 0.3) is 0 Å². The van der Waals surface area contributed by atoms with Crippen molar-refractivity contribution in [2.24, 2.45) is 0 Å². The minimum Gasteiger partial charge on any atom is -0.496 e. The Kier molecular flexibility index (Phi) is 14.6. The van der Waals surface area contributed by atoms with Gasteiger partial charge in [0, 0.05) is 19.3 Å². The minimum atomic E-state index is -1.82. The summed E-state index contributed by atoms with van der Waals surface area (Å²) in [6.07, 6.45) is 5.27. The normalized spacial score (nSPS) is 10.3. The maximum atomic E-state index is 13.1. The summed E-state index contributed by atoms with van der Waals surface area (Å²) >= 11 is 0. The van der Waals surface area contributed by atoms with Crippen LogP contribution in [0, 0.1) is 5.82 Å². The van der Waals surface area contributed by atoms with Crippen LogP contribution < -0.4 is 4.74 Å². The van der Waals surface area contributed by atoms with Gasteiger partial charge in [-0.25, -0.2) is 14.0 Å². The second kappa shape index (κ2) is 15.8. The molecule has 0 atom stereocenters. The predicted molar refractivity (Wildman–Crippen MR) is 104 cm³/mol. The van der Waals surface area contributed by atoms with E-state index in [1.54, 1.807) is 13.2 Å². The van der Waals surface area contributed by atoms with Crippen LogP contribution in [-0.4, -0.2) is 67.5 Å². The SMILES string of the molecule is CCCN(C)CCCCOCCCc1ccc(F)cc1OC.O=C(O)C(=O)O. The van der Waals surface area contributed by atoms with E-state index in [-0.39, 0.29) is 5.82 Å². The number of carboxylic acids is 2.